The van der Waals surface area contributed by atoms with Crippen LogP contribution in [0.3, 0.4) is 0 Å². The van der Waals surface area contributed by atoms with Crippen molar-refractivity contribution in [1.82, 2.24) is 0 Å². The summed E-state index contributed by atoms with van der Waals surface area (Å²) < 4.78 is 20.0. The number of ether oxygens (including phenoxy) is 1. The lowest BCUT2D eigenvalue weighted by Gasteiger charge is -2.45. The van der Waals surface area contributed by atoms with Crippen LogP contribution in [-0.4, -0.2) is 12.0 Å². The van der Waals surface area contributed by atoms with Crippen molar-refractivity contribution < 1.29 is 13.9 Å². The minimum absolute atomic E-state index is 0.161. The minimum Gasteiger partial charge on any atom is -0.358 e. The third-order valence-electron chi connectivity index (χ3n) is 6.17. The number of nitrogens with zero attached hydrogens (tertiary/aromatic N) is 1. The molecule has 1 fully saturated rings. The normalized spacial score (nSPS) is 20.1. The smallest absolute Gasteiger partial charge is 0.257 e. The summed E-state index contributed by atoms with van der Waals surface area (Å²) in [5.74, 6) is -0.483. The third-order valence-corrected chi connectivity index (χ3v) is 6.67. The molecule has 3 nitrogen and oxygen atoms in total. The van der Waals surface area contributed by atoms with Gasteiger partial charge in [-0.2, -0.15) is 0 Å². The van der Waals surface area contributed by atoms with Crippen LogP contribution < -0.4 is 4.90 Å². The lowest BCUT2D eigenvalue weighted by atomic mass is 9.90. The summed E-state index contributed by atoms with van der Waals surface area (Å²) >= 11 is 12.3. The Hall–Kier alpha value is -3.18. The first kappa shape index (κ1) is 23.6. The average Bonchev–Trinajstić information content (AvgIpc) is 2.88. The summed E-state index contributed by atoms with van der Waals surface area (Å²) in [5, 5.41) is 1.23. The highest BCUT2D eigenvalue weighted by Crippen LogP contribution is 2.45. The van der Waals surface area contributed by atoms with E-state index in [1.165, 1.54) is 12.1 Å². The SMILES string of the molecule is O=C1C(Cc2ccc(F)cc2)O[C@@H](c2ccc(Cl)cc2)C(c2ccc(Cl)cc2)N1c1ccccc1. The number of rotatable bonds is 5. The first-order valence-electron chi connectivity index (χ1n) is 11.3. The predicted octanol–water partition coefficient (Wildman–Crippen LogP) is 7.59. The zero-order valence-electron chi connectivity index (χ0n) is 18.7. The number of anilines is 1. The van der Waals surface area contributed by atoms with E-state index in [1.54, 1.807) is 17.0 Å². The Morgan fingerprint density at radius 3 is 1.91 bits per heavy atom. The molecular formula is C29H22Cl2FNO2. The standard InChI is InChI=1S/C29H22Cl2FNO2/c30-22-12-8-20(9-13-22)27-28(21-10-14-23(31)15-11-21)35-26(18-19-6-16-24(32)17-7-19)29(34)33(27)25-4-2-1-3-5-25/h1-17,26-28H,18H2/t26?,27?,28-/m0/s1. The van der Waals surface area contributed by atoms with E-state index >= 15 is 0 Å². The third kappa shape index (κ3) is 5.10. The molecule has 35 heavy (non-hydrogen) atoms. The maximum atomic E-state index is 14.0. The van der Waals surface area contributed by atoms with E-state index in [0.717, 1.165) is 22.4 Å². The molecule has 4 aromatic rings. The van der Waals surface area contributed by atoms with Gasteiger partial charge in [-0.05, 0) is 65.2 Å². The van der Waals surface area contributed by atoms with E-state index < -0.39 is 18.2 Å². The Balaban J connectivity index is 1.63. The van der Waals surface area contributed by atoms with E-state index in [2.05, 4.69) is 0 Å². The lowest BCUT2D eigenvalue weighted by Crippen LogP contribution is -2.51. The highest BCUT2D eigenvalue weighted by molar-refractivity contribution is 6.30. The monoisotopic (exact) mass is 505 g/mol. The molecule has 5 rings (SSSR count). The second-order valence-electron chi connectivity index (χ2n) is 8.47. The van der Waals surface area contributed by atoms with Gasteiger partial charge < -0.3 is 4.74 Å². The fourth-order valence-electron chi connectivity index (χ4n) is 4.48. The minimum atomic E-state index is -0.759. The number of carbonyl (C=O) groups is 1. The van der Waals surface area contributed by atoms with Crippen LogP contribution in [0.4, 0.5) is 10.1 Å². The summed E-state index contributed by atoms with van der Waals surface area (Å²) in [7, 11) is 0. The number of amides is 1. The zero-order valence-corrected chi connectivity index (χ0v) is 20.2. The number of benzene rings is 4. The summed E-state index contributed by atoms with van der Waals surface area (Å²) in [6, 6.07) is 30.2. The molecule has 4 aromatic carbocycles. The van der Waals surface area contributed by atoms with E-state index in [0.29, 0.717) is 16.5 Å². The molecule has 6 heteroatoms. The Morgan fingerprint density at radius 1 is 0.743 bits per heavy atom. The number of halogens is 3. The molecule has 1 heterocycles. The van der Waals surface area contributed by atoms with Crippen LogP contribution in [0.2, 0.25) is 10.0 Å². The van der Waals surface area contributed by atoms with Crippen molar-refractivity contribution in [3.63, 3.8) is 0 Å². The fourth-order valence-corrected chi connectivity index (χ4v) is 4.73. The van der Waals surface area contributed by atoms with Crippen molar-refractivity contribution in [2.45, 2.75) is 24.7 Å². The Morgan fingerprint density at radius 2 is 1.31 bits per heavy atom. The maximum absolute atomic E-state index is 14.0. The van der Waals surface area contributed by atoms with Gasteiger partial charge in [-0.3, -0.25) is 9.69 Å². The molecule has 176 valence electrons. The van der Waals surface area contributed by atoms with Crippen LogP contribution in [0.15, 0.2) is 103 Å². The molecule has 0 N–H and O–H groups in total. The Kier molecular flexibility index (Phi) is 6.87. The molecule has 0 radical (unpaired) electrons. The van der Waals surface area contributed by atoms with E-state index in [4.69, 9.17) is 27.9 Å². The van der Waals surface area contributed by atoms with Gasteiger partial charge in [-0.1, -0.05) is 77.8 Å². The molecule has 0 aliphatic carbocycles. The number of carbonyl (C=O) groups excluding carboxylic acids is 1. The van der Waals surface area contributed by atoms with Gasteiger partial charge in [0.1, 0.15) is 18.0 Å². The maximum Gasteiger partial charge on any atom is 0.257 e. The number of hydrogen-bond donors (Lipinski definition) is 0. The van der Waals surface area contributed by atoms with Crippen LogP contribution in [0.1, 0.15) is 28.8 Å². The molecule has 1 amide bonds. The van der Waals surface area contributed by atoms with Gasteiger partial charge in [-0.15, -0.1) is 0 Å². The molecule has 1 saturated heterocycles. The predicted molar refractivity (Wildman–Crippen MR) is 137 cm³/mol. The van der Waals surface area contributed by atoms with Gasteiger partial charge in [0.25, 0.3) is 5.91 Å². The van der Waals surface area contributed by atoms with Gasteiger partial charge in [0.15, 0.2) is 0 Å². The molecule has 0 saturated carbocycles. The summed E-state index contributed by atoms with van der Waals surface area (Å²) in [6.45, 7) is 0. The molecular weight excluding hydrogens is 484 g/mol. The van der Waals surface area contributed by atoms with E-state index in [9.17, 15) is 9.18 Å². The van der Waals surface area contributed by atoms with Crippen LogP contribution in [0.25, 0.3) is 0 Å². The van der Waals surface area contributed by atoms with Crippen LogP contribution in [0, 0.1) is 5.82 Å². The first-order valence-corrected chi connectivity index (χ1v) is 12.0. The molecule has 0 spiro atoms. The van der Waals surface area contributed by atoms with Gasteiger partial charge >= 0.3 is 0 Å². The number of morpholine rings is 1. The fraction of sp³-hybridized carbons (Fsp3) is 0.138. The van der Waals surface area contributed by atoms with Gasteiger partial charge in [0.05, 0.1) is 6.04 Å². The molecule has 2 unspecified atom stereocenters. The molecule has 0 aromatic heterocycles. The topological polar surface area (TPSA) is 29.5 Å². The van der Waals surface area contributed by atoms with Crippen molar-refractivity contribution in [1.29, 1.82) is 0 Å². The summed E-state index contributed by atoms with van der Waals surface area (Å²) in [5.41, 5.74) is 3.38. The highest BCUT2D eigenvalue weighted by Gasteiger charge is 2.44. The van der Waals surface area contributed by atoms with Crippen LogP contribution in [0.5, 0.6) is 0 Å². The summed E-state index contributed by atoms with van der Waals surface area (Å²) in [4.78, 5) is 15.8. The first-order chi connectivity index (χ1) is 17.0. The van der Waals surface area contributed by atoms with Crippen molar-refractivity contribution in [3.05, 3.63) is 136 Å². The second-order valence-corrected chi connectivity index (χ2v) is 9.34. The van der Waals surface area contributed by atoms with Crippen molar-refractivity contribution in [2.24, 2.45) is 0 Å². The number of hydrogen-bond acceptors (Lipinski definition) is 2. The molecule has 0 bridgehead atoms. The number of para-hydroxylation sites is 1. The Labute approximate surface area is 213 Å². The second kappa shape index (κ2) is 10.2. The van der Waals surface area contributed by atoms with Crippen LogP contribution >= 0.6 is 23.2 Å². The van der Waals surface area contributed by atoms with Gasteiger partial charge in [0.2, 0.25) is 0 Å². The van der Waals surface area contributed by atoms with E-state index in [1.807, 2.05) is 78.9 Å². The molecule has 1 aliphatic rings. The largest absolute Gasteiger partial charge is 0.358 e. The zero-order chi connectivity index (χ0) is 24.4. The lowest BCUT2D eigenvalue weighted by molar-refractivity contribution is -0.144. The van der Waals surface area contributed by atoms with Crippen molar-refractivity contribution in [3.8, 4) is 0 Å². The van der Waals surface area contributed by atoms with E-state index in [-0.39, 0.29) is 11.7 Å². The van der Waals surface area contributed by atoms with Crippen LogP contribution in [-0.2, 0) is 16.0 Å². The van der Waals surface area contributed by atoms with Gasteiger partial charge in [0, 0.05) is 22.2 Å². The van der Waals surface area contributed by atoms with Crippen molar-refractivity contribution >= 4 is 34.8 Å². The van der Waals surface area contributed by atoms with Gasteiger partial charge in [-0.25, -0.2) is 4.39 Å². The Bertz CT molecular complexity index is 1300. The molecule has 1 aliphatic heterocycles. The molecule has 3 atom stereocenters. The highest BCUT2D eigenvalue weighted by atomic mass is 35.5. The summed E-state index contributed by atoms with van der Waals surface area (Å²) in [6.07, 6.45) is -0.915. The van der Waals surface area contributed by atoms with Crippen molar-refractivity contribution in [2.75, 3.05) is 4.90 Å². The quantitative estimate of drug-likeness (QED) is 0.279. The average molecular weight is 506 g/mol.